The Morgan fingerprint density at radius 1 is 0.923 bits per heavy atom. The van der Waals surface area contributed by atoms with Gasteiger partial charge in [-0.2, -0.15) is 0 Å². The third kappa shape index (κ3) is 4.07. The number of benzene rings is 2. The van der Waals surface area contributed by atoms with Gasteiger partial charge in [-0.15, -0.1) is 0 Å². The standard InChI is InChI=1S/C20H21BrN2O3/c1-26-18-9-3-2-8-17(18)20(25)23-11-5-10-22(12-13-23)19(24)15-6-4-7-16(21)14-15/h2-4,6-9,14H,5,10-13H2,1H3. The Morgan fingerprint density at radius 3 is 2.31 bits per heavy atom. The summed E-state index contributed by atoms with van der Waals surface area (Å²) in [5, 5.41) is 0. The first-order valence-electron chi connectivity index (χ1n) is 8.57. The number of ether oxygens (including phenoxy) is 1. The summed E-state index contributed by atoms with van der Waals surface area (Å²) in [6.07, 6.45) is 0.751. The van der Waals surface area contributed by atoms with Crippen molar-refractivity contribution in [1.29, 1.82) is 0 Å². The van der Waals surface area contributed by atoms with E-state index in [2.05, 4.69) is 15.9 Å². The van der Waals surface area contributed by atoms with Crippen LogP contribution in [0.5, 0.6) is 5.75 Å². The van der Waals surface area contributed by atoms with Crippen LogP contribution in [0.3, 0.4) is 0 Å². The van der Waals surface area contributed by atoms with Gasteiger partial charge in [0.25, 0.3) is 11.8 Å². The molecule has 0 bridgehead atoms. The van der Waals surface area contributed by atoms with Gasteiger partial charge in [0, 0.05) is 36.2 Å². The normalized spacial score (nSPS) is 14.7. The van der Waals surface area contributed by atoms with E-state index in [0.29, 0.717) is 43.1 Å². The summed E-state index contributed by atoms with van der Waals surface area (Å²) in [4.78, 5) is 29.2. The molecule has 0 saturated carbocycles. The molecular formula is C20H21BrN2O3. The van der Waals surface area contributed by atoms with E-state index in [1.807, 2.05) is 41.3 Å². The van der Waals surface area contributed by atoms with Gasteiger partial charge in [-0.1, -0.05) is 34.1 Å². The number of hydrogen-bond donors (Lipinski definition) is 0. The number of hydrogen-bond acceptors (Lipinski definition) is 3. The van der Waals surface area contributed by atoms with Crippen LogP contribution in [0, 0.1) is 0 Å². The summed E-state index contributed by atoms with van der Waals surface area (Å²) in [5.41, 5.74) is 1.21. The van der Waals surface area contributed by atoms with Crippen molar-refractivity contribution in [2.24, 2.45) is 0 Å². The topological polar surface area (TPSA) is 49.9 Å². The molecule has 26 heavy (non-hydrogen) atoms. The number of rotatable bonds is 3. The molecule has 1 fully saturated rings. The minimum absolute atomic E-state index is 0.00195. The summed E-state index contributed by atoms with van der Waals surface area (Å²) in [7, 11) is 1.56. The molecule has 2 amide bonds. The van der Waals surface area contributed by atoms with Crippen LogP contribution >= 0.6 is 15.9 Å². The van der Waals surface area contributed by atoms with Gasteiger partial charge in [0.2, 0.25) is 0 Å². The van der Waals surface area contributed by atoms with Crippen molar-refractivity contribution in [3.05, 3.63) is 64.1 Å². The van der Waals surface area contributed by atoms with Gasteiger partial charge in [0.05, 0.1) is 12.7 Å². The van der Waals surface area contributed by atoms with Crippen molar-refractivity contribution in [1.82, 2.24) is 9.80 Å². The van der Waals surface area contributed by atoms with Gasteiger partial charge < -0.3 is 14.5 Å². The number of nitrogens with zero attached hydrogens (tertiary/aromatic N) is 2. The molecular weight excluding hydrogens is 396 g/mol. The average Bonchev–Trinajstić information content (AvgIpc) is 2.93. The lowest BCUT2D eigenvalue weighted by atomic mass is 10.1. The number of carbonyl (C=O) groups excluding carboxylic acids is 2. The smallest absolute Gasteiger partial charge is 0.257 e. The summed E-state index contributed by atoms with van der Waals surface area (Å²) >= 11 is 3.40. The molecule has 0 spiro atoms. The van der Waals surface area contributed by atoms with Gasteiger partial charge in [0.15, 0.2) is 0 Å². The van der Waals surface area contributed by atoms with Gasteiger partial charge >= 0.3 is 0 Å². The third-order valence-corrected chi connectivity index (χ3v) is 4.97. The second kappa shape index (κ2) is 8.36. The van der Waals surface area contributed by atoms with Gasteiger partial charge in [0.1, 0.15) is 5.75 Å². The average molecular weight is 417 g/mol. The maximum absolute atomic E-state index is 12.9. The molecule has 1 aliphatic rings. The Kier molecular flexibility index (Phi) is 5.93. The van der Waals surface area contributed by atoms with Gasteiger partial charge in [-0.05, 0) is 36.8 Å². The van der Waals surface area contributed by atoms with Gasteiger partial charge in [-0.3, -0.25) is 9.59 Å². The number of para-hydroxylation sites is 1. The highest BCUT2D eigenvalue weighted by molar-refractivity contribution is 9.10. The molecule has 2 aromatic rings. The first kappa shape index (κ1) is 18.5. The van der Waals surface area contributed by atoms with E-state index >= 15 is 0 Å². The molecule has 0 aromatic heterocycles. The Hall–Kier alpha value is -2.34. The SMILES string of the molecule is COc1ccccc1C(=O)N1CCCN(C(=O)c2cccc(Br)c2)CC1. The highest BCUT2D eigenvalue weighted by Gasteiger charge is 2.25. The van der Waals surface area contributed by atoms with Crippen LogP contribution in [0.2, 0.25) is 0 Å². The van der Waals surface area contributed by atoms with E-state index in [0.717, 1.165) is 10.9 Å². The zero-order chi connectivity index (χ0) is 18.5. The fraction of sp³-hybridized carbons (Fsp3) is 0.300. The number of methoxy groups -OCH3 is 1. The van der Waals surface area contributed by atoms with Crippen molar-refractivity contribution in [3.63, 3.8) is 0 Å². The summed E-state index contributed by atoms with van der Waals surface area (Å²) in [5.74, 6) is 0.515. The van der Waals surface area contributed by atoms with E-state index < -0.39 is 0 Å². The second-order valence-corrected chi connectivity index (χ2v) is 7.06. The minimum Gasteiger partial charge on any atom is -0.496 e. The predicted octanol–water partition coefficient (Wildman–Crippen LogP) is 3.45. The Balaban J connectivity index is 1.70. The molecule has 2 aromatic carbocycles. The number of amides is 2. The van der Waals surface area contributed by atoms with E-state index in [1.54, 1.807) is 24.1 Å². The predicted molar refractivity (Wildman–Crippen MR) is 104 cm³/mol. The Morgan fingerprint density at radius 2 is 1.62 bits per heavy atom. The Labute approximate surface area is 161 Å². The molecule has 1 saturated heterocycles. The Bertz CT molecular complexity index is 809. The lowest BCUT2D eigenvalue weighted by Gasteiger charge is -2.23. The largest absolute Gasteiger partial charge is 0.496 e. The van der Waals surface area contributed by atoms with Crippen molar-refractivity contribution in [2.75, 3.05) is 33.3 Å². The monoisotopic (exact) mass is 416 g/mol. The molecule has 0 radical (unpaired) electrons. The van der Waals surface area contributed by atoms with Crippen molar-refractivity contribution in [3.8, 4) is 5.75 Å². The van der Waals surface area contributed by atoms with Crippen LogP contribution in [0.1, 0.15) is 27.1 Å². The second-order valence-electron chi connectivity index (χ2n) is 6.15. The summed E-state index contributed by atoms with van der Waals surface area (Å²) < 4.78 is 6.18. The number of carbonyl (C=O) groups is 2. The molecule has 1 heterocycles. The zero-order valence-corrected chi connectivity index (χ0v) is 16.2. The number of halogens is 1. The van der Waals surface area contributed by atoms with Crippen molar-refractivity contribution < 1.29 is 14.3 Å². The highest BCUT2D eigenvalue weighted by atomic mass is 79.9. The lowest BCUT2D eigenvalue weighted by Crippen LogP contribution is -2.37. The van der Waals surface area contributed by atoms with Crippen LogP contribution < -0.4 is 4.74 Å². The van der Waals surface area contributed by atoms with Gasteiger partial charge in [-0.25, -0.2) is 0 Å². The molecule has 5 nitrogen and oxygen atoms in total. The molecule has 0 N–H and O–H groups in total. The highest BCUT2D eigenvalue weighted by Crippen LogP contribution is 2.21. The maximum atomic E-state index is 12.9. The van der Waals surface area contributed by atoms with Crippen molar-refractivity contribution >= 4 is 27.7 Å². The fourth-order valence-electron chi connectivity index (χ4n) is 3.12. The molecule has 3 rings (SSSR count). The maximum Gasteiger partial charge on any atom is 0.257 e. The zero-order valence-electron chi connectivity index (χ0n) is 14.7. The summed E-state index contributed by atoms with van der Waals surface area (Å²) in [6, 6.07) is 14.6. The van der Waals surface area contributed by atoms with E-state index in [4.69, 9.17) is 4.74 Å². The quantitative estimate of drug-likeness (QED) is 0.769. The fourth-order valence-corrected chi connectivity index (χ4v) is 3.52. The molecule has 0 aliphatic carbocycles. The molecule has 1 aliphatic heterocycles. The molecule has 0 atom stereocenters. The summed E-state index contributed by atoms with van der Waals surface area (Å²) in [6.45, 7) is 2.29. The van der Waals surface area contributed by atoms with Crippen LogP contribution in [-0.4, -0.2) is 54.9 Å². The van der Waals surface area contributed by atoms with Crippen molar-refractivity contribution in [2.45, 2.75) is 6.42 Å². The molecule has 6 heteroatoms. The van der Waals surface area contributed by atoms with Crippen LogP contribution in [-0.2, 0) is 0 Å². The van der Waals surface area contributed by atoms with E-state index in [-0.39, 0.29) is 11.8 Å². The first-order chi connectivity index (χ1) is 12.6. The van der Waals surface area contributed by atoms with E-state index in [9.17, 15) is 9.59 Å². The first-order valence-corrected chi connectivity index (χ1v) is 9.36. The molecule has 136 valence electrons. The minimum atomic E-state index is -0.0563. The third-order valence-electron chi connectivity index (χ3n) is 4.48. The van der Waals surface area contributed by atoms with E-state index in [1.165, 1.54) is 0 Å². The van der Waals surface area contributed by atoms with Crippen LogP contribution in [0.15, 0.2) is 53.0 Å². The lowest BCUT2D eigenvalue weighted by molar-refractivity contribution is 0.0717. The van der Waals surface area contributed by atoms with Crippen LogP contribution in [0.25, 0.3) is 0 Å². The van der Waals surface area contributed by atoms with Crippen LogP contribution in [0.4, 0.5) is 0 Å². The molecule has 0 unspecified atom stereocenters.